The molecule has 0 spiro atoms. The van der Waals surface area contributed by atoms with Crippen LogP contribution in [0.25, 0.3) is 10.2 Å². The van der Waals surface area contributed by atoms with Gasteiger partial charge in [0.2, 0.25) is 10.0 Å². The molecule has 3 rings (SSSR count). The first-order valence-corrected chi connectivity index (χ1v) is 9.63. The van der Waals surface area contributed by atoms with Crippen LogP contribution in [0.3, 0.4) is 0 Å². The van der Waals surface area contributed by atoms with Crippen LogP contribution in [-0.2, 0) is 16.6 Å². The maximum absolute atomic E-state index is 12.9. The van der Waals surface area contributed by atoms with Crippen LogP contribution in [0.15, 0.2) is 47.4 Å². The zero-order valence-electron chi connectivity index (χ0n) is 13.7. The van der Waals surface area contributed by atoms with Gasteiger partial charge in [-0.05, 0) is 36.8 Å². The van der Waals surface area contributed by atoms with Crippen molar-refractivity contribution in [1.29, 1.82) is 0 Å². The molecule has 0 fully saturated rings. The first-order valence-electron chi connectivity index (χ1n) is 7.37. The molecule has 0 atom stereocenters. The number of aromatic nitrogens is 1. The largest absolute Gasteiger partial charge is 0.495 e. The quantitative estimate of drug-likeness (QED) is 0.698. The molecular formula is C17H18N2O3S2. The summed E-state index contributed by atoms with van der Waals surface area (Å²) >= 11 is 1.50. The van der Waals surface area contributed by atoms with E-state index in [9.17, 15) is 8.42 Å². The summed E-state index contributed by atoms with van der Waals surface area (Å²) in [5.41, 5.74) is 1.75. The highest BCUT2D eigenvalue weighted by molar-refractivity contribution is 7.89. The van der Waals surface area contributed by atoms with Crippen molar-refractivity contribution in [3.8, 4) is 5.75 Å². The van der Waals surface area contributed by atoms with Gasteiger partial charge in [0.05, 0.1) is 23.9 Å². The molecule has 1 heterocycles. The summed E-state index contributed by atoms with van der Waals surface area (Å²) in [7, 11) is -0.637. The van der Waals surface area contributed by atoms with Crippen LogP contribution >= 0.6 is 11.3 Å². The molecule has 0 saturated carbocycles. The summed E-state index contributed by atoms with van der Waals surface area (Å²) < 4.78 is 33.4. The lowest BCUT2D eigenvalue weighted by atomic mass is 10.2. The van der Waals surface area contributed by atoms with E-state index >= 15 is 0 Å². The minimum Gasteiger partial charge on any atom is -0.495 e. The number of nitrogens with zero attached hydrogens (tertiary/aromatic N) is 2. The fraction of sp³-hybridized carbons (Fsp3) is 0.235. The van der Waals surface area contributed by atoms with E-state index in [1.54, 1.807) is 19.2 Å². The fourth-order valence-corrected chi connectivity index (χ4v) is 4.89. The first-order chi connectivity index (χ1) is 11.4. The molecule has 24 heavy (non-hydrogen) atoms. The minimum absolute atomic E-state index is 0.175. The number of ether oxygens (including phenoxy) is 1. The maximum atomic E-state index is 12.9. The number of hydrogen-bond donors (Lipinski definition) is 0. The van der Waals surface area contributed by atoms with Crippen LogP contribution in [0.2, 0.25) is 0 Å². The third kappa shape index (κ3) is 3.15. The predicted molar refractivity (Wildman–Crippen MR) is 96.0 cm³/mol. The second-order valence-electron chi connectivity index (χ2n) is 5.49. The Morgan fingerprint density at radius 2 is 1.96 bits per heavy atom. The molecule has 0 aliphatic carbocycles. The van der Waals surface area contributed by atoms with Gasteiger partial charge in [-0.15, -0.1) is 11.3 Å². The smallest absolute Gasteiger partial charge is 0.246 e. The van der Waals surface area contributed by atoms with Crippen molar-refractivity contribution in [1.82, 2.24) is 9.29 Å². The Balaban J connectivity index is 1.93. The second kappa shape index (κ2) is 6.51. The van der Waals surface area contributed by atoms with Crippen LogP contribution < -0.4 is 4.74 Å². The van der Waals surface area contributed by atoms with E-state index in [-0.39, 0.29) is 11.4 Å². The molecule has 3 aromatic rings. The summed E-state index contributed by atoms with van der Waals surface area (Å²) in [5, 5.41) is 0.758. The zero-order chi connectivity index (χ0) is 17.3. The molecule has 0 aliphatic rings. The molecular weight excluding hydrogens is 344 g/mol. The van der Waals surface area contributed by atoms with E-state index in [1.165, 1.54) is 22.8 Å². The Morgan fingerprint density at radius 3 is 2.67 bits per heavy atom. The van der Waals surface area contributed by atoms with E-state index in [2.05, 4.69) is 4.98 Å². The molecule has 0 radical (unpaired) electrons. The van der Waals surface area contributed by atoms with Crippen LogP contribution in [0.1, 0.15) is 10.6 Å². The highest BCUT2D eigenvalue weighted by Crippen LogP contribution is 2.29. The molecule has 5 nitrogen and oxygen atoms in total. The summed E-state index contributed by atoms with van der Waals surface area (Å²) in [4.78, 5) is 4.68. The summed E-state index contributed by atoms with van der Waals surface area (Å²) in [6, 6.07) is 12.9. The van der Waals surface area contributed by atoms with Gasteiger partial charge in [-0.1, -0.05) is 18.2 Å². The standard InChI is InChI=1S/C17H18N2O3S2/c1-12-8-9-14(22-3)16(10-12)24(20,21)19(2)11-17-18-13-6-4-5-7-15(13)23-17/h4-10H,11H2,1-3H3. The average Bonchev–Trinajstić information content (AvgIpc) is 2.97. The fourth-order valence-electron chi connectivity index (χ4n) is 2.42. The van der Waals surface area contributed by atoms with Crippen molar-refractivity contribution in [2.45, 2.75) is 18.4 Å². The third-order valence-electron chi connectivity index (χ3n) is 3.70. The monoisotopic (exact) mass is 362 g/mol. The molecule has 126 valence electrons. The first kappa shape index (κ1) is 16.9. The normalized spacial score (nSPS) is 12.0. The molecule has 0 aliphatic heterocycles. The van der Waals surface area contributed by atoms with E-state index in [0.29, 0.717) is 5.75 Å². The SMILES string of the molecule is COc1ccc(C)cc1S(=O)(=O)N(C)Cc1nc2ccccc2s1. The van der Waals surface area contributed by atoms with Gasteiger partial charge in [0, 0.05) is 7.05 Å². The number of methoxy groups -OCH3 is 1. The summed E-state index contributed by atoms with van der Waals surface area (Å²) in [6.45, 7) is 2.07. The zero-order valence-corrected chi connectivity index (χ0v) is 15.3. The number of thiazole rings is 1. The van der Waals surface area contributed by atoms with Crippen LogP contribution in [0.4, 0.5) is 0 Å². The van der Waals surface area contributed by atoms with Gasteiger partial charge in [-0.25, -0.2) is 13.4 Å². The maximum Gasteiger partial charge on any atom is 0.246 e. The molecule has 0 N–H and O–H groups in total. The molecule has 0 unspecified atom stereocenters. The number of aryl methyl sites for hydroxylation is 1. The highest BCUT2D eigenvalue weighted by atomic mass is 32.2. The molecule has 0 bridgehead atoms. The van der Waals surface area contributed by atoms with Gasteiger partial charge >= 0.3 is 0 Å². The van der Waals surface area contributed by atoms with Crippen molar-refractivity contribution >= 4 is 31.6 Å². The Labute approximate surface area is 145 Å². The number of benzene rings is 2. The van der Waals surface area contributed by atoms with Crippen LogP contribution in [0.5, 0.6) is 5.75 Å². The minimum atomic E-state index is -3.66. The van der Waals surface area contributed by atoms with Gasteiger partial charge in [-0.2, -0.15) is 4.31 Å². The van der Waals surface area contributed by atoms with Gasteiger partial charge in [-0.3, -0.25) is 0 Å². The van der Waals surface area contributed by atoms with Crippen LogP contribution in [0, 0.1) is 6.92 Å². The second-order valence-corrected chi connectivity index (χ2v) is 8.62. The van der Waals surface area contributed by atoms with Gasteiger partial charge in [0.1, 0.15) is 15.7 Å². The Morgan fingerprint density at radius 1 is 1.21 bits per heavy atom. The van der Waals surface area contributed by atoms with Gasteiger partial charge in [0.25, 0.3) is 0 Å². The number of sulfonamides is 1. The lowest BCUT2D eigenvalue weighted by Gasteiger charge is -2.18. The van der Waals surface area contributed by atoms with Crippen molar-refractivity contribution in [3.05, 3.63) is 53.0 Å². The number of hydrogen-bond acceptors (Lipinski definition) is 5. The Kier molecular flexibility index (Phi) is 4.58. The number of para-hydroxylation sites is 1. The van der Waals surface area contributed by atoms with E-state index in [4.69, 9.17) is 4.74 Å². The third-order valence-corrected chi connectivity index (χ3v) is 6.55. The predicted octanol–water partition coefficient (Wildman–Crippen LogP) is 3.43. The van der Waals surface area contributed by atoms with Crippen LogP contribution in [-0.4, -0.2) is 31.9 Å². The van der Waals surface area contributed by atoms with Crippen molar-refractivity contribution in [2.24, 2.45) is 0 Å². The molecule has 1 aromatic heterocycles. The Bertz CT molecular complexity index is 947. The molecule has 7 heteroatoms. The van der Waals surface area contributed by atoms with Crippen molar-refractivity contribution in [3.63, 3.8) is 0 Å². The van der Waals surface area contributed by atoms with E-state index in [0.717, 1.165) is 20.8 Å². The lowest BCUT2D eigenvalue weighted by Crippen LogP contribution is -2.27. The van der Waals surface area contributed by atoms with E-state index in [1.807, 2.05) is 37.3 Å². The average molecular weight is 362 g/mol. The van der Waals surface area contributed by atoms with Gasteiger partial charge < -0.3 is 4.74 Å². The van der Waals surface area contributed by atoms with Gasteiger partial charge in [0.15, 0.2) is 0 Å². The Hall–Kier alpha value is -1.96. The summed E-state index contributed by atoms with van der Waals surface area (Å²) in [6.07, 6.45) is 0. The highest BCUT2D eigenvalue weighted by Gasteiger charge is 2.26. The summed E-state index contributed by atoms with van der Waals surface area (Å²) in [5.74, 6) is 0.344. The number of rotatable bonds is 5. The molecule has 2 aromatic carbocycles. The van der Waals surface area contributed by atoms with Crippen molar-refractivity contribution in [2.75, 3.05) is 14.2 Å². The lowest BCUT2D eigenvalue weighted by molar-refractivity contribution is 0.397. The van der Waals surface area contributed by atoms with Crippen molar-refractivity contribution < 1.29 is 13.2 Å². The molecule has 0 amide bonds. The topological polar surface area (TPSA) is 59.5 Å². The van der Waals surface area contributed by atoms with E-state index < -0.39 is 10.0 Å². The number of fused-ring (bicyclic) bond motifs is 1. The molecule has 0 saturated heterocycles.